The Balaban J connectivity index is 1.84. The molecule has 20 heavy (non-hydrogen) atoms. The number of benzene rings is 2. The van der Waals surface area contributed by atoms with Gasteiger partial charge in [-0.1, -0.05) is 30.3 Å². The summed E-state index contributed by atoms with van der Waals surface area (Å²) in [6, 6.07) is 15.2. The first-order valence-electron chi connectivity index (χ1n) is 6.53. The first-order chi connectivity index (χ1) is 9.79. The maximum Gasteiger partial charge on any atom is 0.124 e. The van der Waals surface area contributed by atoms with Crippen molar-refractivity contribution >= 4 is 5.71 Å². The van der Waals surface area contributed by atoms with Crippen molar-refractivity contribution < 1.29 is 9.84 Å². The Morgan fingerprint density at radius 3 is 2.70 bits per heavy atom. The minimum absolute atomic E-state index is 0.0701. The summed E-state index contributed by atoms with van der Waals surface area (Å²) in [4.78, 5) is 0. The van der Waals surface area contributed by atoms with Gasteiger partial charge in [0, 0.05) is 17.5 Å². The number of phenols is 1. The number of nitrogens with zero attached hydrogens (tertiary/aromatic N) is 1. The lowest BCUT2D eigenvalue weighted by atomic mass is 9.98. The third-order valence-corrected chi connectivity index (χ3v) is 3.48. The van der Waals surface area contributed by atoms with Gasteiger partial charge < -0.3 is 15.3 Å². The van der Waals surface area contributed by atoms with Crippen LogP contribution in [-0.4, -0.2) is 17.9 Å². The minimum atomic E-state index is 0.0701. The van der Waals surface area contributed by atoms with Crippen molar-refractivity contribution in [3.8, 4) is 11.5 Å². The maximum absolute atomic E-state index is 9.90. The average Bonchev–Trinajstić information content (AvgIpc) is 2.97. The van der Waals surface area contributed by atoms with Crippen molar-refractivity contribution in [1.82, 2.24) is 5.43 Å². The van der Waals surface area contributed by atoms with E-state index >= 15 is 0 Å². The molecular weight excluding hydrogens is 252 g/mol. The summed E-state index contributed by atoms with van der Waals surface area (Å²) in [5.74, 6) is 1.10. The lowest BCUT2D eigenvalue weighted by molar-refractivity contribution is 0.402. The molecule has 2 aromatic rings. The third-order valence-electron chi connectivity index (χ3n) is 3.48. The normalized spacial score (nSPS) is 17.4. The smallest absolute Gasteiger partial charge is 0.124 e. The number of ether oxygens (including phenoxy) is 1. The monoisotopic (exact) mass is 268 g/mol. The number of para-hydroxylation sites is 2. The van der Waals surface area contributed by atoms with Crippen LogP contribution in [0.4, 0.5) is 0 Å². The Morgan fingerprint density at radius 1 is 1.15 bits per heavy atom. The number of nitrogens with one attached hydrogen (secondary N) is 1. The van der Waals surface area contributed by atoms with Gasteiger partial charge in [-0.15, -0.1) is 0 Å². The summed E-state index contributed by atoms with van der Waals surface area (Å²) in [5.41, 5.74) is 5.83. The molecule has 3 rings (SSSR count). The van der Waals surface area contributed by atoms with E-state index in [9.17, 15) is 5.11 Å². The molecule has 0 spiro atoms. The SMILES string of the molecule is COc1ccccc1C1CC(c2ccccc2O)=NN1. The van der Waals surface area contributed by atoms with Crippen LogP contribution in [0.1, 0.15) is 23.6 Å². The molecular formula is C16H16N2O2. The van der Waals surface area contributed by atoms with Gasteiger partial charge in [0.05, 0.1) is 18.9 Å². The van der Waals surface area contributed by atoms with E-state index in [0.717, 1.165) is 29.0 Å². The first-order valence-corrected chi connectivity index (χ1v) is 6.53. The molecule has 0 aliphatic carbocycles. The molecule has 1 unspecified atom stereocenters. The molecule has 1 aliphatic rings. The second kappa shape index (κ2) is 5.25. The molecule has 4 nitrogen and oxygen atoms in total. The van der Waals surface area contributed by atoms with Gasteiger partial charge in [-0.25, -0.2) is 0 Å². The van der Waals surface area contributed by atoms with Crippen LogP contribution < -0.4 is 10.2 Å². The highest BCUT2D eigenvalue weighted by Crippen LogP contribution is 2.32. The molecule has 0 bridgehead atoms. The van der Waals surface area contributed by atoms with Crippen molar-refractivity contribution in [2.45, 2.75) is 12.5 Å². The number of rotatable bonds is 3. The van der Waals surface area contributed by atoms with Crippen molar-refractivity contribution in [3.63, 3.8) is 0 Å². The second-order valence-electron chi connectivity index (χ2n) is 4.70. The minimum Gasteiger partial charge on any atom is -0.507 e. The van der Waals surface area contributed by atoms with Crippen LogP contribution in [0.5, 0.6) is 11.5 Å². The van der Waals surface area contributed by atoms with Crippen molar-refractivity contribution in [1.29, 1.82) is 0 Å². The van der Waals surface area contributed by atoms with E-state index < -0.39 is 0 Å². The second-order valence-corrected chi connectivity index (χ2v) is 4.70. The molecule has 0 saturated carbocycles. The van der Waals surface area contributed by atoms with Crippen LogP contribution in [0, 0.1) is 0 Å². The zero-order valence-electron chi connectivity index (χ0n) is 11.2. The maximum atomic E-state index is 9.90. The largest absolute Gasteiger partial charge is 0.507 e. The summed E-state index contributed by atoms with van der Waals surface area (Å²) in [6.07, 6.45) is 0.720. The van der Waals surface area contributed by atoms with Gasteiger partial charge in [-0.2, -0.15) is 5.10 Å². The van der Waals surface area contributed by atoms with E-state index in [2.05, 4.69) is 10.5 Å². The van der Waals surface area contributed by atoms with Crippen molar-refractivity contribution in [2.75, 3.05) is 7.11 Å². The molecule has 0 amide bonds. The van der Waals surface area contributed by atoms with Gasteiger partial charge in [0.2, 0.25) is 0 Å². The summed E-state index contributed by atoms with van der Waals surface area (Å²) in [5, 5.41) is 14.2. The molecule has 102 valence electrons. The molecule has 0 saturated heterocycles. The van der Waals surface area contributed by atoms with Gasteiger partial charge in [0.25, 0.3) is 0 Å². The van der Waals surface area contributed by atoms with Gasteiger partial charge in [0.1, 0.15) is 11.5 Å². The van der Waals surface area contributed by atoms with Gasteiger partial charge in [0.15, 0.2) is 0 Å². The highest BCUT2D eigenvalue weighted by atomic mass is 16.5. The van der Waals surface area contributed by atoms with Crippen LogP contribution >= 0.6 is 0 Å². The number of hydrogen-bond donors (Lipinski definition) is 2. The molecule has 1 atom stereocenters. The van der Waals surface area contributed by atoms with E-state index in [4.69, 9.17) is 4.74 Å². The summed E-state index contributed by atoms with van der Waals surface area (Å²) < 4.78 is 5.38. The molecule has 4 heteroatoms. The third kappa shape index (κ3) is 2.20. The van der Waals surface area contributed by atoms with Crippen LogP contribution in [0.25, 0.3) is 0 Å². The summed E-state index contributed by atoms with van der Waals surface area (Å²) in [7, 11) is 1.67. The fraction of sp³-hybridized carbons (Fsp3) is 0.188. The molecule has 0 fully saturated rings. The van der Waals surface area contributed by atoms with E-state index in [1.165, 1.54) is 0 Å². The molecule has 1 heterocycles. The number of aromatic hydroxyl groups is 1. The number of phenolic OH excluding ortho intramolecular Hbond substituents is 1. The first kappa shape index (κ1) is 12.5. The predicted octanol–water partition coefficient (Wildman–Crippen LogP) is 2.84. The van der Waals surface area contributed by atoms with E-state index in [-0.39, 0.29) is 11.8 Å². The predicted molar refractivity (Wildman–Crippen MR) is 78.1 cm³/mol. The Labute approximate surface area is 117 Å². The Bertz CT molecular complexity index is 652. The van der Waals surface area contributed by atoms with Crippen LogP contribution in [-0.2, 0) is 0 Å². The fourth-order valence-electron chi connectivity index (χ4n) is 2.46. The standard InChI is InChI=1S/C16H16N2O2/c1-20-16-9-5-3-7-12(16)14-10-13(17-18-14)11-6-2-4-8-15(11)19/h2-9,14,18-19H,10H2,1H3. The van der Waals surface area contributed by atoms with Crippen LogP contribution in [0.3, 0.4) is 0 Å². The van der Waals surface area contributed by atoms with E-state index in [1.54, 1.807) is 19.2 Å². The molecule has 2 N–H and O–H groups in total. The summed E-state index contributed by atoms with van der Waals surface area (Å²) in [6.45, 7) is 0. The lowest BCUT2D eigenvalue weighted by Gasteiger charge is -2.14. The fourth-order valence-corrected chi connectivity index (χ4v) is 2.46. The van der Waals surface area contributed by atoms with E-state index in [0.29, 0.717) is 0 Å². The molecule has 2 aromatic carbocycles. The molecule has 0 radical (unpaired) electrons. The highest BCUT2D eigenvalue weighted by molar-refractivity contribution is 6.03. The highest BCUT2D eigenvalue weighted by Gasteiger charge is 2.24. The molecule has 0 aromatic heterocycles. The van der Waals surface area contributed by atoms with Gasteiger partial charge >= 0.3 is 0 Å². The topological polar surface area (TPSA) is 53.9 Å². The Kier molecular flexibility index (Phi) is 3.29. The lowest BCUT2D eigenvalue weighted by Crippen LogP contribution is -2.11. The van der Waals surface area contributed by atoms with Crippen LogP contribution in [0.2, 0.25) is 0 Å². The van der Waals surface area contributed by atoms with Crippen molar-refractivity contribution in [2.24, 2.45) is 5.10 Å². The van der Waals surface area contributed by atoms with Gasteiger partial charge in [-0.05, 0) is 18.2 Å². The number of hydrazone groups is 1. The summed E-state index contributed by atoms with van der Waals surface area (Å²) >= 11 is 0. The Hall–Kier alpha value is -2.49. The quantitative estimate of drug-likeness (QED) is 0.900. The molecule has 1 aliphatic heterocycles. The van der Waals surface area contributed by atoms with Crippen LogP contribution in [0.15, 0.2) is 53.6 Å². The number of hydrogen-bond acceptors (Lipinski definition) is 4. The van der Waals surface area contributed by atoms with Gasteiger partial charge in [-0.3, -0.25) is 0 Å². The average molecular weight is 268 g/mol. The number of methoxy groups -OCH3 is 1. The zero-order valence-corrected chi connectivity index (χ0v) is 11.2. The van der Waals surface area contributed by atoms with E-state index in [1.807, 2.05) is 36.4 Å². The Morgan fingerprint density at radius 2 is 1.90 bits per heavy atom. The zero-order chi connectivity index (χ0) is 13.9. The van der Waals surface area contributed by atoms with Crippen molar-refractivity contribution in [3.05, 3.63) is 59.7 Å².